The Morgan fingerprint density at radius 3 is 3.00 bits per heavy atom. The van der Waals surface area contributed by atoms with Crippen molar-refractivity contribution in [3.05, 3.63) is 16.1 Å². The van der Waals surface area contributed by atoms with Gasteiger partial charge in [-0.1, -0.05) is 6.92 Å². The molecule has 1 heterocycles. The van der Waals surface area contributed by atoms with Crippen molar-refractivity contribution in [3.8, 4) is 0 Å². The van der Waals surface area contributed by atoms with Crippen LogP contribution in [0, 0.1) is 6.92 Å². The number of thiazole rings is 1. The first-order chi connectivity index (χ1) is 5.34. The summed E-state index contributed by atoms with van der Waals surface area (Å²) < 4.78 is 0. The standard InChI is InChI=1S/C8H14N2S/c1-3-4-9-5-8-7(2)10-6-11-8/h6,9H,3-5H2,1-2H3. The lowest BCUT2D eigenvalue weighted by Crippen LogP contribution is -2.13. The number of hydrogen-bond donors (Lipinski definition) is 1. The molecule has 0 aromatic carbocycles. The topological polar surface area (TPSA) is 24.9 Å². The van der Waals surface area contributed by atoms with Gasteiger partial charge in [0.1, 0.15) is 0 Å². The number of rotatable bonds is 4. The summed E-state index contributed by atoms with van der Waals surface area (Å²) in [5.74, 6) is 0. The quantitative estimate of drug-likeness (QED) is 0.699. The minimum Gasteiger partial charge on any atom is -0.312 e. The van der Waals surface area contributed by atoms with Gasteiger partial charge in [-0.05, 0) is 19.9 Å². The fourth-order valence-electron chi connectivity index (χ4n) is 0.875. The summed E-state index contributed by atoms with van der Waals surface area (Å²) in [7, 11) is 0. The van der Waals surface area contributed by atoms with Gasteiger partial charge < -0.3 is 5.32 Å². The van der Waals surface area contributed by atoms with Crippen LogP contribution in [0.1, 0.15) is 23.9 Å². The van der Waals surface area contributed by atoms with Gasteiger partial charge in [0.15, 0.2) is 0 Å². The molecule has 0 bridgehead atoms. The number of aromatic nitrogens is 1. The molecule has 62 valence electrons. The highest BCUT2D eigenvalue weighted by molar-refractivity contribution is 7.09. The lowest BCUT2D eigenvalue weighted by molar-refractivity contribution is 0.678. The fraction of sp³-hybridized carbons (Fsp3) is 0.625. The molecule has 1 N–H and O–H groups in total. The summed E-state index contributed by atoms with van der Waals surface area (Å²) in [5, 5.41) is 3.35. The number of aryl methyl sites for hydroxylation is 1. The van der Waals surface area contributed by atoms with Crippen molar-refractivity contribution in [2.75, 3.05) is 6.54 Å². The molecule has 0 amide bonds. The van der Waals surface area contributed by atoms with Gasteiger partial charge in [-0.3, -0.25) is 0 Å². The molecule has 0 unspecified atom stereocenters. The van der Waals surface area contributed by atoms with E-state index in [0.29, 0.717) is 0 Å². The predicted octanol–water partition coefficient (Wildman–Crippen LogP) is 1.95. The van der Waals surface area contributed by atoms with Crippen molar-refractivity contribution in [1.29, 1.82) is 0 Å². The summed E-state index contributed by atoms with van der Waals surface area (Å²) in [6, 6.07) is 0. The van der Waals surface area contributed by atoms with E-state index in [2.05, 4.69) is 24.1 Å². The van der Waals surface area contributed by atoms with Crippen molar-refractivity contribution in [2.45, 2.75) is 26.8 Å². The Balaban J connectivity index is 2.32. The van der Waals surface area contributed by atoms with Crippen LogP contribution in [0.15, 0.2) is 5.51 Å². The first kappa shape index (κ1) is 8.68. The molecule has 0 saturated carbocycles. The van der Waals surface area contributed by atoms with E-state index in [0.717, 1.165) is 13.1 Å². The molecule has 0 aliphatic heterocycles. The van der Waals surface area contributed by atoms with Crippen LogP contribution in [0.5, 0.6) is 0 Å². The first-order valence-corrected chi connectivity index (χ1v) is 4.82. The molecule has 3 heteroatoms. The average molecular weight is 170 g/mol. The van der Waals surface area contributed by atoms with Crippen molar-refractivity contribution in [1.82, 2.24) is 10.3 Å². The molecule has 1 rings (SSSR count). The van der Waals surface area contributed by atoms with Gasteiger partial charge in [0.25, 0.3) is 0 Å². The van der Waals surface area contributed by atoms with Gasteiger partial charge in [0, 0.05) is 11.4 Å². The summed E-state index contributed by atoms with van der Waals surface area (Å²) in [6.45, 7) is 6.30. The monoisotopic (exact) mass is 170 g/mol. The molecular formula is C8H14N2S. The van der Waals surface area contributed by atoms with Gasteiger partial charge in [-0.25, -0.2) is 4.98 Å². The van der Waals surface area contributed by atoms with Crippen molar-refractivity contribution >= 4 is 11.3 Å². The SMILES string of the molecule is CCCNCc1scnc1C. The maximum atomic E-state index is 4.17. The second-order valence-corrected chi connectivity index (χ2v) is 3.48. The molecule has 0 atom stereocenters. The Hall–Kier alpha value is -0.410. The maximum absolute atomic E-state index is 4.17. The van der Waals surface area contributed by atoms with E-state index in [9.17, 15) is 0 Å². The molecule has 0 saturated heterocycles. The second kappa shape index (κ2) is 4.46. The van der Waals surface area contributed by atoms with Crippen LogP contribution in [0.2, 0.25) is 0 Å². The lowest BCUT2D eigenvalue weighted by Gasteiger charge is -1.99. The molecule has 0 aliphatic carbocycles. The minimum absolute atomic E-state index is 0.977. The van der Waals surface area contributed by atoms with Crippen LogP contribution in [-0.4, -0.2) is 11.5 Å². The summed E-state index contributed by atoms with van der Waals surface area (Å²) in [6.07, 6.45) is 1.19. The van der Waals surface area contributed by atoms with Crippen LogP contribution >= 0.6 is 11.3 Å². The van der Waals surface area contributed by atoms with Crippen molar-refractivity contribution in [3.63, 3.8) is 0 Å². The zero-order valence-electron chi connectivity index (χ0n) is 7.05. The van der Waals surface area contributed by atoms with Gasteiger partial charge in [-0.15, -0.1) is 11.3 Å². The predicted molar refractivity (Wildman–Crippen MR) is 48.8 cm³/mol. The third kappa shape index (κ3) is 2.60. The highest BCUT2D eigenvalue weighted by Crippen LogP contribution is 2.10. The van der Waals surface area contributed by atoms with Gasteiger partial charge in [-0.2, -0.15) is 0 Å². The Morgan fingerprint density at radius 2 is 2.45 bits per heavy atom. The van der Waals surface area contributed by atoms with Crippen LogP contribution in [-0.2, 0) is 6.54 Å². The largest absolute Gasteiger partial charge is 0.312 e. The van der Waals surface area contributed by atoms with E-state index in [-0.39, 0.29) is 0 Å². The molecule has 0 spiro atoms. The molecule has 1 aromatic heterocycles. The van der Waals surface area contributed by atoms with Gasteiger partial charge in [0.2, 0.25) is 0 Å². The average Bonchev–Trinajstić information content (AvgIpc) is 2.37. The molecule has 11 heavy (non-hydrogen) atoms. The van der Waals surface area contributed by atoms with Crippen LogP contribution in [0.4, 0.5) is 0 Å². The lowest BCUT2D eigenvalue weighted by atomic mass is 10.4. The van der Waals surface area contributed by atoms with E-state index in [1.165, 1.54) is 17.0 Å². The van der Waals surface area contributed by atoms with Gasteiger partial charge in [0.05, 0.1) is 11.2 Å². The zero-order valence-corrected chi connectivity index (χ0v) is 7.87. The highest BCUT2D eigenvalue weighted by Gasteiger charge is 1.98. The van der Waals surface area contributed by atoms with E-state index < -0.39 is 0 Å². The third-order valence-electron chi connectivity index (χ3n) is 1.56. The second-order valence-electron chi connectivity index (χ2n) is 2.54. The van der Waals surface area contributed by atoms with Crippen LogP contribution in [0.3, 0.4) is 0 Å². The van der Waals surface area contributed by atoms with E-state index >= 15 is 0 Å². The highest BCUT2D eigenvalue weighted by atomic mass is 32.1. The first-order valence-electron chi connectivity index (χ1n) is 3.94. The fourth-order valence-corrected chi connectivity index (χ4v) is 1.62. The number of nitrogens with one attached hydrogen (secondary N) is 1. The Bertz CT molecular complexity index is 208. The molecular weight excluding hydrogens is 156 g/mol. The third-order valence-corrected chi connectivity index (χ3v) is 2.49. The normalized spacial score (nSPS) is 10.4. The van der Waals surface area contributed by atoms with Crippen LogP contribution < -0.4 is 5.32 Å². The number of hydrogen-bond acceptors (Lipinski definition) is 3. The van der Waals surface area contributed by atoms with Crippen molar-refractivity contribution < 1.29 is 0 Å². The molecule has 1 aromatic rings. The van der Waals surface area contributed by atoms with Crippen LogP contribution in [0.25, 0.3) is 0 Å². The zero-order chi connectivity index (χ0) is 8.10. The molecule has 0 aliphatic rings. The van der Waals surface area contributed by atoms with Crippen molar-refractivity contribution in [2.24, 2.45) is 0 Å². The summed E-state index contributed by atoms with van der Waals surface area (Å²) in [4.78, 5) is 5.53. The Morgan fingerprint density at radius 1 is 1.64 bits per heavy atom. The molecule has 0 radical (unpaired) electrons. The number of nitrogens with zero attached hydrogens (tertiary/aromatic N) is 1. The van der Waals surface area contributed by atoms with E-state index in [4.69, 9.17) is 0 Å². The summed E-state index contributed by atoms with van der Waals surface area (Å²) in [5.41, 5.74) is 3.07. The smallest absolute Gasteiger partial charge is 0.0798 e. The molecule has 2 nitrogen and oxygen atoms in total. The maximum Gasteiger partial charge on any atom is 0.0798 e. The minimum atomic E-state index is 0.977. The van der Waals surface area contributed by atoms with E-state index in [1.54, 1.807) is 11.3 Å². The van der Waals surface area contributed by atoms with E-state index in [1.807, 2.05) is 5.51 Å². The van der Waals surface area contributed by atoms with Gasteiger partial charge >= 0.3 is 0 Å². The summed E-state index contributed by atoms with van der Waals surface area (Å²) >= 11 is 1.73. The Labute approximate surface area is 71.7 Å². The Kier molecular flexibility index (Phi) is 3.52. The molecule has 0 fully saturated rings.